The third-order valence-electron chi connectivity index (χ3n) is 3.21. The summed E-state index contributed by atoms with van der Waals surface area (Å²) in [7, 11) is 0. The van der Waals surface area contributed by atoms with Gasteiger partial charge < -0.3 is 5.32 Å². The van der Waals surface area contributed by atoms with Crippen LogP contribution in [0.1, 0.15) is 11.3 Å². The van der Waals surface area contributed by atoms with Gasteiger partial charge in [-0.25, -0.2) is 4.98 Å². The third-order valence-corrected chi connectivity index (χ3v) is 3.90. The Balaban J connectivity index is 1.88. The fourth-order valence-electron chi connectivity index (χ4n) is 2.15. The summed E-state index contributed by atoms with van der Waals surface area (Å²) in [6, 6.07) is 13.2. The van der Waals surface area contributed by atoms with Crippen molar-refractivity contribution in [3.05, 3.63) is 74.7 Å². The molecule has 0 unspecified atom stereocenters. The Labute approximate surface area is 130 Å². The van der Waals surface area contributed by atoms with E-state index in [0.29, 0.717) is 12.2 Å². The van der Waals surface area contributed by atoms with Crippen LogP contribution in [0, 0.1) is 6.92 Å². The van der Waals surface area contributed by atoms with E-state index >= 15 is 0 Å². The first-order valence-corrected chi connectivity index (χ1v) is 7.40. The van der Waals surface area contributed by atoms with Crippen LogP contribution in [0.25, 0.3) is 5.65 Å². The Morgan fingerprint density at radius 1 is 1.24 bits per heavy atom. The van der Waals surface area contributed by atoms with Gasteiger partial charge in [0.25, 0.3) is 5.56 Å². The van der Waals surface area contributed by atoms with Crippen LogP contribution in [0.2, 0.25) is 0 Å². The predicted molar refractivity (Wildman–Crippen MR) is 87.7 cm³/mol. The van der Waals surface area contributed by atoms with Gasteiger partial charge in [-0.3, -0.25) is 9.20 Å². The minimum Gasteiger partial charge on any atom is -0.378 e. The molecule has 0 saturated heterocycles. The molecule has 0 fully saturated rings. The predicted octanol–water partition coefficient (Wildman–Crippen LogP) is 3.38. The number of aromatic nitrogens is 2. The van der Waals surface area contributed by atoms with Gasteiger partial charge in [0.2, 0.25) is 0 Å². The molecule has 0 amide bonds. The minimum absolute atomic E-state index is 0.0688. The lowest BCUT2D eigenvalue weighted by Gasteiger charge is -2.09. The molecule has 0 aliphatic carbocycles. The Hall–Kier alpha value is -2.14. The molecule has 0 aliphatic rings. The van der Waals surface area contributed by atoms with Gasteiger partial charge in [0.05, 0.1) is 12.2 Å². The summed E-state index contributed by atoms with van der Waals surface area (Å²) >= 11 is 3.51. The fourth-order valence-corrected chi connectivity index (χ4v) is 2.54. The van der Waals surface area contributed by atoms with Crippen LogP contribution < -0.4 is 10.9 Å². The third kappa shape index (κ3) is 2.97. The highest BCUT2D eigenvalue weighted by Crippen LogP contribution is 2.23. The second-order valence-corrected chi connectivity index (χ2v) is 5.71. The van der Waals surface area contributed by atoms with Crippen molar-refractivity contribution in [3.63, 3.8) is 0 Å². The first kappa shape index (κ1) is 13.8. The number of aryl methyl sites for hydroxylation is 1. The van der Waals surface area contributed by atoms with Crippen molar-refractivity contribution in [2.24, 2.45) is 0 Å². The molecule has 1 aromatic carbocycles. The molecule has 3 rings (SSSR count). The monoisotopic (exact) mass is 343 g/mol. The van der Waals surface area contributed by atoms with E-state index in [1.54, 1.807) is 12.3 Å². The molecular formula is C16H14BrN3O. The van der Waals surface area contributed by atoms with E-state index in [4.69, 9.17) is 0 Å². The van der Waals surface area contributed by atoms with E-state index in [2.05, 4.69) is 32.3 Å². The summed E-state index contributed by atoms with van der Waals surface area (Å²) in [5.74, 6) is 0. The van der Waals surface area contributed by atoms with E-state index in [-0.39, 0.29) is 5.56 Å². The molecule has 4 nitrogen and oxygen atoms in total. The SMILES string of the molecule is Cc1ccc(Br)c(NCc2cc(=O)n3ccccc3n2)c1. The highest BCUT2D eigenvalue weighted by atomic mass is 79.9. The van der Waals surface area contributed by atoms with Gasteiger partial charge in [-0.2, -0.15) is 0 Å². The molecule has 5 heteroatoms. The normalized spacial score (nSPS) is 10.8. The summed E-state index contributed by atoms with van der Waals surface area (Å²) in [5.41, 5.74) is 3.47. The Kier molecular flexibility index (Phi) is 3.75. The largest absolute Gasteiger partial charge is 0.378 e. The lowest BCUT2D eigenvalue weighted by atomic mass is 10.2. The van der Waals surface area contributed by atoms with Crippen molar-refractivity contribution < 1.29 is 0 Å². The molecule has 0 saturated carbocycles. The molecular weight excluding hydrogens is 330 g/mol. The van der Waals surface area contributed by atoms with Gasteiger partial charge >= 0.3 is 0 Å². The standard InChI is InChI=1S/C16H14BrN3O/c1-11-5-6-13(17)14(8-11)18-10-12-9-16(21)20-7-3-2-4-15(20)19-12/h2-9,18H,10H2,1H3. The van der Waals surface area contributed by atoms with Crippen LogP contribution in [-0.2, 0) is 6.54 Å². The zero-order chi connectivity index (χ0) is 14.8. The smallest absolute Gasteiger partial charge is 0.258 e. The number of hydrogen-bond donors (Lipinski definition) is 1. The second kappa shape index (κ2) is 5.69. The Morgan fingerprint density at radius 2 is 2.10 bits per heavy atom. The number of fused-ring (bicyclic) bond motifs is 1. The summed E-state index contributed by atoms with van der Waals surface area (Å²) in [6.07, 6.45) is 1.72. The molecule has 0 aliphatic heterocycles. The van der Waals surface area contributed by atoms with Crippen molar-refractivity contribution in [2.45, 2.75) is 13.5 Å². The maximum Gasteiger partial charge on any atom is 0.258 e. The zero-order valence-electron chi connectivity index (χ0n) is 11.5. The summed E-state index contributed by atoms with van der Waals surface area (Å²) < 4.78 is 2.53. The number of pyridine rings is 1. The van der Waals surface area contributed by atoms with Crippen molar-refractivity contribution in [3.8, 4) is 0 Å². The average molecular weight is 344 g/mol. The Morgan fingerprint density at radius 3 is 2.95 bits per heavy atom. The van der Waals surface area contributed by atoms with Crippen LogP contribution in [0.15, 0.2) is 57.9 Å². The molecule has 21 heavy (non-hydrogen) atoms. The van der Waals surface area contributed by atoms with Gasteiger partial charge in [0.1, 0.15) is 5.65 Å². The molecule has 1 N–H and O–H groups in total. The van der Waals surface area contributed by atoms with Crippen LogP contribution in [0.4, 0.5) is 5.69 Å². The van der Waals surface area contributed by atoms with Gasteiger partial charge in [0.15, 0.2) is 0 Å². The van der Waals surface area contributed by atoms with Gasteiger partial charge in [-0.15, -0.1) is 0 Å². The maximum absolute atomic E-state index is 12.0. The van der Waals surface area contributed by atoms with E-state index in [1.807, 2.05) is 37.3 Å². The van der Waals surface area contributed by atoms with Crippen molar-refractivity contribution in [1.29, 1.82) is 0 Å². The Bertz CT molecular complexity index is 858. The fraction of sp³-hybridized carbons (Fsp3) is 0.125. The molecule has 2 heterocycles. The zero-order valence-corrected chi connectivity index (χ0v) is 13.1. The number of hydrogen-bond acceptors (Lipinski definition) is 3. The molecule has 0 radical (unpaired) electrons. The van der Waals surface area contributed by atoms with Crippen LogP contribution >= 0.6 is 15.9 Å². The molecule has 0 bridgehead atoms. The number of halogens is 1. The molecule has 3 aromatic rings. The number of nitrogens with zero attached hydrogens (tertiary/aromatic N) is 2. The first-order chi connectivity index (χ1) is 10.1. The van der Waals surface area contributed by atoms with Crippen LogP contribution in [-0.4, -0.2) is 9.38 Å². The van der Waals surface area contributed by atoms with Gasteiger partial charge in [-0.1, -0.05) is 12.1 Å². The minimum atomic E-state index is -0.0688. The maximum atomic E-state index is 12.0. The highest BCUT2D eigenvalue weighted by molar-refractivity contribution is 9.10. The number of nitrogens with one attached hydrogen (secondary N) is 1. The molecule has 0 atom stereocenters. The second-order valence-electron chi connectivity index (χ2n) is 4.85. The topological polar surface area (TPSA) is 46.4 Å². The number of benzene rings is 1. The van der Waals surface area contributed by atoms with Crippen molar-refractivity contribution in [1.82, 2.24) is 9.38 Å². The summed E-state index contributed by atoms with van der Waals surface area (Å²) in [5, 5.41) is 3.30. The lowest BCUT2D eigenvalue weighted by molar-refractivity contribution is 0.970. The van der Waals surface area contributed by atoms with E-state index in [1.165, 1.54) is 9.96 Å². The van der Waals surface area contributed by atoms with E-state index < -0.39 is 0 Å². The first-order valence-electron chi connectivity index (χ1n) is 6.61. The quantitative estimate of drug-likeness (QED) is 0.792. The van der Waals surface area contributed by atoms with Crippen molar-refractivity contribution >= 4 is 27.3 Å². The number of rotatable bonds is 3. The van der Waals surface area contributed by atoms with Gasteiger partial charge in [0, 0.05) is 22.4 Å². The van der Waals surface area contributed by atoms with Crippen LogP contribution in [0.5, 0.6) is 0 Å². The molecule has 106 valence electrons. The van der Waals surface area contributed by atoms with Gasteiger partial charge in [-0.05, 0) is 52.7 Å². The number of anilines is 1. The summed E-state index contributed by atoms with van der Waals surface area (Å²) in [6.45, 7) is 2.54. The van der Waals surface area contributed by atoms with Crippen LogP contribution in [0.3, 0.4) is 0 Å². The summed E-state index contributed by atoms with van der Waals surface area (Å²) in [4.78, 5) is 16.5. The molecule has 2 aromatic heterocycles. The van der Waals surface area contributed by atoms with Crippen molar-refractivity contribution in [2.75, 3.05) is 5.32 Å². The van der Waals surface area contributed by atoms with E-state index in [9.17, 15) is 4.79 Å². The molecule has 0 spiro atoms. The average Bonchev–Trinajstić information content (AvgIpc) is 2.48. The van der Waals surface area contributed by atoms with E-state index in [0.717, 1.165) is 15.9 Å². The highest BCUT2D eigenvalue weighted by Gasteiger charge is 2.04. The lowest BCUT2D eigenvalue weighted by Crippen LogP contribution is -2.16.